The van der Waals surface area contributed by atoms with Crippen molar-refractivity contribution in [2.75, 3.05) is 0 Å². The molecular weight excluding hydrogens is 306 g/mol. The van der Waals surface area contributed by atoms with Crippen LogP contribution in [0, 0.1) is 0 Å². The average Bonchev–Trinajstić information content (AvgIpc) is 2.62. The van der Waals surface area contributed by atoms with Gasteiger partial charge in [0.15, 0.2) is 0 Å². The van der Waals surface area contributed by atoms with Gasteiger partial charge in [-0.3, -0.25) is 0 Å². The van der Waals surface area contributed by atoms with Crippen molar-refractivity contribution in [1.82, 2.24) is 0 Å². The second-order valence-electron chi connectivity index (χ2n) is 3.77. The fraction of sp³-hybridized carbons (Fsp3) is 0.333. The second-order valence-corrected chi connectivity index (χ2v) is 7.54. The Balaban J connectivity index is 0.000000980. The smallest absolute Gasteiger partial charge is 0.147 e. The van der Waals surface area contributed by atoms with E-state index < -0.39 is 0 Å². The molecule has 0 heterocycles. The minimum atomic E-state index is -0.364. The molecule has 0 aromatic heterocycles. The molecule has 2 aliphatic rings. The molecule has 0 nitrogen and oxygen atoms in total. The zero-order valence-corrected chi connectivity index (χ0v) is 13.1. The summed E-state index contributed by atoms with van der Waals surface area (Å²) in [5, 5.41) is 0. The molecule has 3 heteroatoms. The van der Waals surface area contributed by atoms with Crippen LogP contribution in [-0.4, -0.2) is 0 Å². The van der Waals surface area contributed by atoms with Crippen LogP contribution in [0.5, 0.6) is 0 Å². The molecule has 0 aromatic carbocycles. The van der Waals surface area contributed by atoms with Gasteiger partial charge in [-0.25, -0.2) is 0 Å². The number of rotatable bonds is 2. The van der Waals surface area contributed by atoms with Gasteiger partial charge in [0.05, 0.1) is 0 Å². The summed E-state index contributed by atoms with van der Waals surface area (Å²) in [5.41, 5.74) is 2.94. The van der Waals surface area contributed by atoms with E-state index in [9.17, 15) is 0 Å². The molecule has 0 bridgehead atoms. The van der Waals surface area contributed by atoms with Gasteiger partial charge in [-0.05, 0) is 0 Å². The molecule has 0 radical (unpaired) electrons. The van der Waals surface area contributed by atoms with Gasteiger partial charge >= 0.3 is 91.9 Å². The molecule has 0 saturated heterocycles. The maximum absolute atomic E-state index is 2.40. The Morgan fingerprint density at radius 2 is 1.27 bits per heavy atom. The molecule has 0 aliphatic heterocycles. The van der Waals surface area contributed by atoms with Crippen LogP contribution in [0.1, 0.15) is 26.7 Å². The van der Waals surface area contributed by atoms with Gasteiger partial charge in [-0.1, -0.05) is 0 Å². The van der Waals surface area contributed by atoms with Crippen LogP contribution in [0.4, 0.5) is 0 Å². The molecule has 0 atom stereocenters. The molecule has 0 amide bonds. The Kier molecular flexibility index (Phi) is 7.08. The van der Waals surface area contributed by atoms with Crippen molar-refractivity contribution in [3.8, 4) is 0 Å². The predicted octanol–water partition coefficient (Wildman–Crippen LogP) is 4.38. The summed E-state index contributed by atoms with van der Waals surface area (Å²) in [6.45, 7) is 4.41. The third-order valence-electron chi connectivity index (χ3n) is 2.41. The monoisotopic (exact) mass is 320 g/mol. The first-order valence-electron chi connectivity index (χ1n) is 4.76. The van der Waals surface area contributed by atoms with Gasteiger partial charge < -0.3 is 0 Å². The van der Waals surface area contributed by atoms with Crippen molar-refractivity contribution in [1.29, 1.82) is 0 Å². The maximum Gasteiger partial charge on any atom is -0.147 e. The van der Waals surface area contributed by atoms with E-state index in [1.54, 1.807) is 6.56 Å². The fourth-order valence-electron chi connectivity index (χ4n) is 1.71. The van der Waals surface area contributed by atoms with Crippen LogP contribution in [0.15, 0.2) is 42.0 Å². The molecule has 2 aliphatic carbocycles. The Hall–Kier alpha value is 0.423. The van der Waals surface area contributed by atoms with Crippen LogP contribution in [0.2, 0.25) is 0 Å². The number of allylic oxidation sites excluding steroid dienone is 8. The Bertz CT molecular complexity index is 315. The van der Waals surface area contributed by atoms with Gasteiger partial charge in [-0.2, -0.15) is 0 Å². The molecular formula is C12H16Cl2Zr. The molecule has 0 unspecified atom stereocenters. The SMILES string of the molecule is CC1=CC[C]([Zr][C]2=CC(C)=CC2)=C1.Cl.Cl. The van der Waals surface area contributed by atoms with Crippen LogP contribution >= 0.6 is 24.8 Å². The number of hydrogen-bond donors (Lipinski definition) is 0. The normalized spacial score (nSPS) is 18.0. The zero-order chi connectivity index (χ0) is 9.26. The Labute approximate surface area is 116 Å². The van der Waals surface area contributed by atoms with E-state index in [-0.39, 0.29) is 48.0 Å². The molecule has 82 valence electrons. The number of hydrogen-bond acceptors (Lipinski definition) is 0. The van der Waals surface area contributed by atoms with Crippen molar-refractivity contribution < 1.29 is 23.2 Å². The summed E-state index contributed by atoms with van der Waals surface area (Å²) in [5.74, 6) is 0. The van der Waals surface area contributed by atoms with Crippen molar-refractivity contribution in [2.24, 2.45) is 0 Å². The molecule has 0 fully saturated rings. The molecule has 0 spiro atoms. The first-order valence-corrected chi connectivity index (χ1v) is 7.21. The van der Waals surface area contributed by atoms with E-state index in [1.807, 2.05) is 0 Å². The molecule has 0 saturated carbocycles. The average molecular weight is 322 g/mol. The molecule has 15 heavy (non-hydrogen) atoms. The van der Waals surface area contributed by atoms with Gasteiger partial charge in [0, 0.05) is 0 Å². The van der Waals surface area contributed by atoms with Gasteiger partial charge in [0.25, 0.3) is 0 Å². The van der Waals surface area contributed by atoms with E-state index in [2.05, 4.69) is 38.2 Å². The van der Waals surface area contributed by atoms with E-state index in [0.29, 0.717) is 0 Å². The van der Waals surface area contributed by atoms with Crippen molar-refractivity contribution >= 4 is 24.8 Å². The van der Waals surface area contributed by atoms with Crippen molar-refractivity contribution in [2.45, 2.75) is 26.7 Å². The van der Waals surface area contributed by atoms with Crippen LogP contribution < -0.4 is 0 Å². The van der Waals surface area contributed by atoms with Crippen LogP contribution in [-0.2, 0) is 23.2 Å². The molecule has 2 rings (SSSR count). The van der Waals surface area contributed by atoms with E-state index in [1.165, 1.54) is 24.0 Å². The maximum atomic E-state index is 2.40. The van der Waals surface area contributed by atoms with Crippen LogP contribution in [0.3, 0.4) is 0 Å². The summed E-state index contributed by atoms with van der Waals surface area (Å²) in [4.78, 5) is 0. The van der Waals surface area contributed by atoms with Crippen LogP contribution in [0.25, 0.3) is 0 Å². The van der Waals surface area contributed by atoms with Gasteiger partial charge in [0.2, 0.25) is 0 Å². The van der Waals surface area contributed by atoms with Crippen molar-refractivity contribution in [3.63, 3.8) is 0 Å². The third-order valence-corrected chi connectivity index (χ3v) is 5.70. The fourth-order valence-corrected chi connectivity index (χ4v) is 5.20. The molecule has 0 N–H and O–H groups in total. The summed E-state index contributed by atoms with van der Waals surface area (Å²) in [6.07, 6.45) is 12.0. The topological polar surface area (TPSA) is 0 Å². The Morgan fingerprint density at radius 1 is 0.867 bits per heavy atom. The second kappa shape index (κ2) is 6.89. The van der Waals surface area contributed by atoms with Gasteiger partial charge in [-0.15, -0.1) is 24.8 Å². The van der Waals surface area contributed by atoms with Crippen molar-refractivity contribution in [3.05, 3.63) is 42.0 Å². The Morgan fingerprint density at radius 3 is 1.53 bits per heavy atom. The minimum Gasteiger partial charge on any atom is -0.147 e. The number of halogens is 2. The first-order chi connectivity index (χ1) is 6.24. The zero-order valence-electron chi connectivity index (χ0n) is 9.04. The first kappa shape index (κ1) is 15.4. The van der Waals surface area contributed by atoms with E-state index in [0.717, 1.165) is 0 Å². The summed E-state index contributed by atoms with van der Waals surface area (Å²) >= 11 is -0.364. The van der Waals surface area contributed by atoms with E-state index >= 15 is 0 Å². The third kappa shape index (κ3) is 4.43. The standard InChI is InChI=1S/2C6H7.2ClH.Zr/c2*1-6-4-2-3-5-6;;;/h2*4-5H,2H2,1H3;2*1H;. The minimum absolute atomic E-state index is 0. The largest absolute Gasteiger partial charge is 0.147 e. The summed E-state index contributed by atoms with van der Waals surface area (Å²) < 4.78 is 3.49. The summed E-state index contributed by atoms with van der Waals surface area (Å²) in [6, 6.07) is 0. The van der Waals surface area contributed by atoms with E-state index in [4.69, 9.17) is 0 Å². The quantitative estimate of drug-likeness (QED) is 0.708. The summed E-state index contributed by atoms with van der Waals surface area (Å²) in [7, 11) is 0. The predicted molar refractivity (Wildman–Crippen MR) is 67.4 cm³/mol. The molecule has 0 aromatic rings. The van der Waals surface area contributed by atoms with Gasteiger partial charge in [0.1, 0.15) is 0 Å².